The summed E-state index contributed by atoms with van der Waals surface area (Å²) < 4.78 is 28.3. The molecule has 1 aliphatic rings. The van der Waals surface area contributed by atoms with Crippen LogP contribution in [0, 0.1) is 0 Å². The molecule has 1 saturated heterocycles. The number of nitrogens with zero attached hydrogens (tertiary/aromatic N) is 4. The first-order valence-corrected chi connectivity index (χ1v) is 8.44. The normalized spacial score (nSPS) is 20.1. The molecule has 0 amide bonds. The van der Waals surface area contributed by atoms with Gasteiger partial charge in [0.05, 0.1) is 6.33 Å². The molecule has 0 spiro atoms. The summed E-state index contributed by atoms with van der Waals surface area (Å²) >= 11 is 0. The molecular weight excluding hydrogens is 306 g/mol. The average molecular weight is 323 g/mol. The van der Waals surface area contributed by atoms with E-state index in [4.69, 9.17) is 0 Å². The van der Waals surface area contributed by atoms with Crippen LogP contribution in [0.25, 0.3) is 0 Å². The molecule has 3 rings (SSSR count). The lowest BCUT2D eigenvalue weighted by Gasteiger charge is -2.31. The standard InChI is InChI=1S/C13H17N5O3S/c1-17-8-12(15-9-17)22(20,21)18-6-2-3-10(7-18)11-4-5-14-13(19)16-11/h4-5,8-10H,2-3,6-7H2,1H3,(H,14,16,19). The van der Waals surface area contributed by atoms with Crippen LogP contribution in [0.3, 0.4) is 0 Å². The molecule has 1 fully saturated rings. The zero-order valence-corrected chi connectivity index (χ0v) is 13.0. The number of nitrogens with one attached hydrogen (secondary N) is 1. The zero-order chi connectivity index (χ0) is 15.7. The maximum absolute atomic E-state index is 12.6. The largest absolute Gasteiger partial charge is 0.345 e. The van der Waals surface area contributed by atoms with Crippen molar-refractivity contribution in [1.29, 1.82) is 0 Å². The molecule has 0 saturated carbocycles. The van der Waals surface area contributed by atoms with Gasteiger partial charge in [-0.05, 0) is 18.9 Å². The highest BCUT2D eigenvalue weighted by Crippen LogP contribution is 2.28. The Labute approximate surface area is 127 Å². The van der Waals surface area contributed by atoms with Crippen LogP contribution in [-0.4, -0.2) is 45.3 Å². The maximum atomic E-state index is 12.6. The highest BCUT2D eigenvalue weighted by atomic mass is 32.2. The molecule has 8 nitrogen and oxygen atoms in total. The Bertz CT molecular complexity index is 826. The third-order valence-corrected chi connectivity index (χ3v) is 5.56. The lowest BCUT2D eigenvalue weighted by molar-refractivity contribution is 0.311. The van der Waals surface area contributed by atoms with Gasteiger partial charge in [-0.25, -0.2) is 23.2 Å². The van der Waals surface area contributed by atoms with E-state index in [-0.39, 0.29) is 10.9 Å². The molecule has 9 heteroatoms. The lowest BCUT2D eigenvalue weighted by Crippen LogP contribution is -2.39. The van der Waals surface area contributed by atoms with Crippen LogP contribution < -0.4 is 5.69 Å². The zero-order valence-electron chi connectivity index (χ0n) is 12.1. The summed E-state index contributed by atoms with van der Waals surface area (Å²) in [4.78, 5) is 21.5. The lowest BCUT2D eigenvalue weighted by atomic mass is 9.96. The number of sulfonamides is 1. The van der Waals surface area contributed by atoms with Crippen LogP contribution in [-0.2, 0) is 17.1 Å². The topological polar surface area (TPSA) is 101 Å². The Morgan fingerprint density at radius 2 is 2.18 bits per heavy atom. The summed E-state index contributed by atoms with van der Waals surface area (Å²) in [6.45, 7) is 0.795. The van der Waals surface area contributed by atoms with Crippen molar-refractivity contribution in [2.75, 3.05) is 13.1 Å². The number of aryl methyl sites for hydroxylation is 1. The number of imidazole rings is 1. The van der Waals surface area contributed by atoms with Crippen molar-refractivity contribution in [1.82, 2.24) is 23.8 Å². The van der Waals surface area contributed by atoms with Crippen molar-refractivity contribution in [2.24, 2.45) is 7.05 Å². The molecule has 118 valence electrons. The Morgan fingerprint density at radius 1 is 1.36 bits per heavy atom. The van der Waals surface area contributed by atoms with Gasteiger partial charge < -0.3 is 9.55 Å². The minimum atomic E-state index is -3.60. The van der Waals surface area contributed by atoms with E-state index >= 15 is 0 Å². The minimum absolute atomic E-state index is 0.0389. The number of aromatic nitrogens is 4. The van der Waals surface area contributed by atoms with E-state index in [2.05, 4.69) is 15.0 Å². The molecular formula is C13H17N5O3S. The van der Waals surface area contributed by atoms with Gasteiger partial charge in [0.25, 0.3) is 10.0 Å². The molecule has 22 heavy (non-hydrogen) atoms. The molecule has 0 aliphatic carbocycles. The smallest absolute Gasteiger partial charge is 0.339 e. The van der Waals surface area contributed by atoms with Gasteiger partial charge in [0.15, 0.2) is 5.03 Å². The van der Waals surface area contributed by atoms with Crippen LogP contribution in [0.4, 0.5) is 0 Å². The molecule has 0 bridgehead atoms. The van der Waals surface area contributed by atoms with E-state index in [1.807, 2.05) is 0 Å². The SMILES string of the molecule is Cn1cnc(S(=O)(=O)N2CCCC(c3ccnc(=O)[nH]3)C2)c1. The highest BCUT2D eigenvalue weighted by molar-refractivity contribution is 7.89. The van der Waals surface area contributed by atoms with Crippen molar-refractivity contribution in [3.63, 3.8) is 0 Å². The summed E-state index contributed by atoms with van der Waals surface area (Å²) in [6, 6.07) is 1.73. The summed E-state index contributed by atoms with van der Waals surface area (Å²) in [6.07, 6.45) is 5.97. The van der Waals surface area contributed by atoms with Crippen LogP contribution in [0.2, 0.25) is 0 Å². The van der Waals surface area contributed by atoms with E-state index in [0.29, 0.717) is 13.1 Å². The summed E-state index contributed by atoms with van der Waals surface area (Å²) in [5.41, 5.74) is 0.308. The number of piperidine rings is 1. The van der Waals surface area contributed by atoms with Crippen LogP contribution >= 0.6 is 0 Å². The number of H-pyrrole nitrogens is 1. The Hall–Kier alpha value is -2.00. The third kappa shape index (κ3) is 2.81. The second kappa shape index (κ2) is 5.65. The first kappa shape index (κ1) is 14.9. The number of aromatic amines is 1. The van der Waals surface area contributed by atoms with E-state index in [1.54, 1.807) is 17.7 Å². The summed E-state index contributed by atoms with van der Waals surface area (Å²) in [7, 11) is -1.87. The monoisotopic (exact) mass is 323 g/mol. The van der Waals surface area contributed by atoms with Crippen molar-refractivity contribution >= 4 is 10.0 Å². The quantitative estimate of drug-likeness (QED) is 0.861. The number of hydrogen-bond donors (Lipinski definition) is 1. The van der Waals surface area contributed by atoms with Crippen molar-refractivity contribution in [3.05, 3.63) is 41.0 Å². The fraction of sp³-hybridized carbons (Fsp3) is 0.462. The second-order valence-electron chi connectivity index (χ2n) is 5.41. The van der Waals surface area contributed by atoms with Gasteiger partial charge in [-0.1, -0.05) is 0 Å². The molecule has 1 N–H and O–H groups in total. The van der Waals surface area contributed by atoms with Gasteiger partial charge in [-0.2, -0.15) is 4.31 Å². The molecule has 3 heterocycles. The van der Waals surface area contributed by atoms with Gasteiger partial charge >= 0.3 is 5.69 Å². The predicted molar refractivity (Wildman–Crippen MR) is 78.8 cm³/mol. The van der Waals surface area contributed by atoms with Gasteiger partial charge in [-0.3, -0.25) is 0 Å². The second-order valence-corrected chi connectivity index (χ2v) is 7.29. The maximum Gasteiger partial charge on any atom is 0.345 e. The molecule has 1 unspecified atom stereocenters. The highest BCUT2D eigenvalue weighted by Gasteiger charge is 2.32. The van der Waals surface area contributed by atoms with Gasteiger partial charge in [0, 0.05) is 44.1 Å². The minimum Gasteiger partial charge on any atom is -0.339 e. The Kier molecular flexibility index (Phi) is 3.83. The van der Waals surface area contributed by atoms with Gasteiger partial charge in [0.1, 0.15) is 0 Å². The first-order valence-electron chi connectivity index (χ1n) is 7.00. The fourth-order valence-electron chi connectivity index (χ4n) is 2.69. The number of hydrogen-bond acceptors (Lipinski definition) is 5. The van der Waals surface area contributed by atoms with Crippen LogP contribution in [0.1, 0.15) is 24.5 Å². The van der Waals surface area contributed by atoms with Gasteiger partial charge in [0.2, 0.25) is 0 Å². The molecule has 2 aromatic heterocycles. The van der Waals surface area contributed by atoms with E-state index in [0.717, 1.165) is 18.5 Å². The first-order chi connectivity index (χ1) is 10.5. The Balaban J connectivity index is 1.85. The third-order valence-electron chi connectivity index (χ3n) is 3.81. The van der Waals surface area contributed by atoms with E-state index in [1.165, 1.54) is 23.0 Å². The predicted octanol–water partition coefficient (Wildman–Crippen LogP) is 0.0717. The van der Waals surface area contributed by atoms with Crippen LogP contribution in [0.15, 0.2) is 34.6 Å². The summed E-state index contributed by atoms with van der Waals surface area (Å²) in [5.74, 6) is -0.0389. The fourth-order valence-corrected chi connectivity index (χ4v) is 4.18. The van der Waals surface area contributed by atoms with Crippen molar-refractivity contribution in [2.45, 2.75) is 23.8 Å². The van der Waals surface area contributed by atoms with E-state index in [9.17, 15) is 13.2 Å². The van der Waals surface area contributed by atoms with Crippen molar-refractivity contribution < 1.29 is 8.42 Å². The Morgan fingerprint density at radius 3 is 2.86 bits per heavy atom. The summed E-state index contributed by atoms with van der Waals surface area (Å²) in [5, 5.41) is 0.0545. The van der Waals surface area contributed by atoms with Crippen molar-refractivity contribution in [3.8, 4) is 0 Å². The molecule has 0 radical (unpaired) electrons. The average Bonchev–Trinajstić information content (AvgIpc) is 2.95. The van der Waals surface area contributed by atoms with E-state index < -0.39 is 15.7 Å². The molecule has 0 aromatic carbocycles. The molecule has 2 aromatic rings. The molecule has 1 aliphatic heterocycles. The van der Waals surface area contributed by atoms with Gasteiger partial charge in [-0.15, -0.1) is 0 Å². The molecule has 1 atom stereocenters. The van der Waals surface area contributed by atoms with Crippen LogP contribution in [0.5, 0.6) is 0 Å². The number of rotatable bonds is 3.